The lowest BCUT2D eigenvalue weighted by Gasteiger charge is -2.32. The largest absolute Gasteiger partial charge is 0.493 e. The lowest BCUT2D eigenvalue weighted by Crippen LogP contribution is -2.34. The molecule has 0 amide bonds. The lowest BCUT2D eigenvalue weighted by molar-refractivity contribution is 0.196. The van der Waals surface area contributed by atoms with Crippen molar-refractivity contribution in [2.24, 2.45) is 0 Å². The number of aromatic nitrogens is 4. The lowest BCUT2D eigenvalue weighted by atomic mass is 9.94. The molecule has 7 heteroatoms. The van der Waals surface area contributed by atoms with Crippen molar-refractivity contribution in [2.75, 3.05) is 27.3 Å². The summed E-state index contributed by atoms with van der Waals surface area (Å²) in [5.74, 6) is 1.96. The molecule has 0 bridgehead atoms. The van der Waals surface area contributed by atoms with E-state index in [4.69, 9.17) is 9.47 Å². The predicted octanol–water partition coefficient (Wildman–Crippen LogP) is 2.75. The highest BCUT2D eigenvalue weighted by molar-refractivity contribution is 5.72. The molecule has 0 saturated carbocycles. The number of piperidine rings is 1. The highest BCUT2D eigenvalue weighted by Crippen LogP contribution is 2.34. The van der Waals surface area contributed by atoms with E-state index in [0.717, 1.165) is 60.7 Å². The van der Waals surface area contributed by atoms with Crippen LogP contribution in [-0.4, -0.2) is 52.4 Å². The van der Waals surface area contributed by atoms with Crippen LogP contribution in [0.4, 0.5) is 0 Å². The van der Waals surface area contributed by atoms with Crippen molar-refractivity contribution in [3.8, 4) is 11.5 Å². The topological polar surface area (TPSA) is 76.2 Å². The molecule has 1 N–H and O–H groups in total. The van der Waals surface area contributed by atoms with E-state index < -0.39 is 0 Å². The fourth-order valence-corrected chi connectivity index (χ4v) is 3.81. The van der Waals surface area contributed by atoms with E-state index in [9.17, 15) is 0 Å². The third-order valence-electron chi connectivity index (χ3n) is 5.01. The Morgan fingerprint density at radius 3 is 2.92 bits per heavy atom. The van der Waals surface area contributed by atoms with E-state index in [0.29, 0.717) is 11.6 Å². The smallest absolute Gasteiger partial charge is 0.199 e. The molecule has 1 aromatic carbocycles. The first-order valence-corrected chi connectivity index (χ1v) is 8.87. The van der Waals surface area contributed by atoms with Gasteiger partial charge in [0.05, 0.1) is 19.9 Å². The summed E-state index contributed by atoms with van der Waals surface area (Å²) >= 11 is 0. The first-order valence-electron chi connectivity index (χ1n) is 8.87. The van der Waals surface area contributed by atoms with Crippen LogP contribution < -0.4 is 9.47 Å². The maximum atomic E-state index is 5.58. The second-order valence-corrected chi connectivity index (χ2v) is 6.59. The molecule has 2 aromatic heterocycles. The number of hydrogen-bond donors (Lipinski definition) is 1. The monoisotopic (exact) mass is 353 g/mol. The first-order chi connectivity index (χ1) is 12.8. The SMILES string of the molecule is COc1cccc(CN2CCC[C@@H](c3[nH]nc4nccnc34)C2)c1OC. The predicted molar refractivity (Wildman–Crippen MR) is 98.5 cm³/mol. The number of H-pyrrole nitrogens is 1. The Morgan fingerprint density at radius 2 is 2.08 bits per heavy atom. The van der Waals surface area contributed by atoms with E-state index in [1.165, 1.54) is 0 Å². The molecule has 0 radical (unpaired) electrons. The van der Waals surface area contributed by atoms with Crippen LogP contribution in [0.3, 0.4) is 0 Å². The molecule has 1 fully saturated rings. The van der Waals surface area contributed by atoms with Crippen molar-refractivity contribution >= 4 is 11.2 Å². The number of rotatable bonds is 5. The Morgan fingerprint density at radius 1 is 1.19 bits per heavy atom. The van der Waals surface area contributed by atoms with Gasteiger partial charge in [-0.1, -0.05) is 12.1 Å². The third-order valence-corrected chi connectivity index (χ3v) is 5.01. The molecule has 3 aromatic rings. The molecule has 0 aliphatic carbocycles. The van der Waals surface area contributed by atoms with Crippen LogP contribution in [-0.2, 0) is 6.54 Å². The molecule has 1 aliphatic heterocycles. The Bertz CT molecular complexity index is 895. The van der Waals surface area contributed by atoms with Gasteiger partial charge in [0.25, 0.3) is 0 Å². The molecular weight excluding hydrogens is 330 g/mol. The Kier molecular flexibility index (Phi) is 4.71. The van der Waals surface area contributed by atoms with Crippen LogP contribution in [0.5, 0.6) is 11.5 Å². The summed E-state index contributed by atoms with van der Waals surface area (Å²) in [6.07, 6.45) is 5.66. The molecule has 1 atom stereocenters. The van der Waals surface area contributed by atoms with E-state index in [1.54, 1.807) is 26.6 Å². The number of hydrogen-bond acceptors (Lipinski definition) is 6. The van der Waals surface area contributed by atoms with E-state index in [2.05, 4.69) is 31.1 Å². The zero-order chi connectivity index (χ0) is 17.9. The number of aromatic amines is 1. The number of nitrogens with one attached hydrogen (secondary N) is 1. The van der Waals surface area contributed by atoms with Gasteiger partial charge in [0.15, 0.2) is 17.1 Å². The van der Waals surface area contributed by atoms with Gasteiger partial charge in [-0.2, -0.15) is 5.10 Å². The molecule has 3 heterocycles. The zero-order valence-electron chi connectivity index (χ0n) is 15.1. The number of nitrogens with zero attached hydrogens (tertiary/aromatic N) is 4. The quantitative estimate of drug-likeness (QED) is 0.760. The van der Waals surface area contributed by atoms with Crippen LogP contribution in [0, 0.1) is 0 Å². The van der Waals surface area contributed by atoms with E-state index in [-0.39, 0.29) is 0 Å². The molecule has 0 unspecified atom stereocenters. The molecule has 136 valence electrons. The minimum absolute atomic E-state index is 0.377. The van der Waals surface area contributed by atoms with Crippen molar-refractivity contribution in [2.45, 2.75) is 25.3 Å². The molecule has 1 saturated heterocycles. The van der Waals surface area contributed by atoms with Gasteiger partial charge in [-0.15, -0.1) is 0 Å². The summed E-state index contributed by atoms with van der Waals surface area (Å²) in [5, 5.41) is 7.46. The normalized spacial score (nSPS) is 18.2. The van der Waals surface area contributed by atoms with E-state index in [1.807, 2.05) is 12.1 Å². The van der Waals surface area contributed by atoms with Gasteiger partial charge in [0.2, 0.25) is 0 Å². The minimum atomic E-state index is 0.377. The molecule has 26 heavy (non-hydrogen) atoms. The average molecular weight is 353 g/mol. The summed E-state index contributed by atoms with van der Waals surface area (Å²) in [6, 6.07) is 6.04. The Balaban J connectivity index is 1.54. The van der Waals surface area contributed by atoms with Gasteiger partial charge in [-0.25, -0.2) is 9.97 Å². The van der Waals surface area contributed by atoms with Crippen molar-refractivity contribution < 1.29 is 9.47 Å². The van der Waals surface area contributed by atoms with Gasteiger partial charge < -0.3 is 9.47 Å². The fourth-order valence-electron chi connectivity index (χ4n) is 3.81. The summed E-state index contributed by atoms with van der Waals surface area (Å²) in [7, 11) is 3.36. The molecule has 7 nitrogen and oxygen atoms in total. The Hall–Kier alpha value is -2.67. The number of benzene rings is 1. The number of ether oxygens (including phenoxy) is 2. The number of para-hydroxylation sites is 1. The number of fused-ring (bicyclic) bond motifs is 1. The van der Waals surface area contributed by atoms with Gasteiger partial charge >= 0.3 is 0 Å². The summed E-state index contributed by atoms with van der Waals surface area (Å²) < 4.78 is 11.0. The van der Waals surface area contributed by atoms with Crippen LogP contribution in [0.25, 0.3) is 11.2 Å². The maximum absolute atomic E-state index is 5.58. The number of methoxy groups -OCH3 is 2. The second kappa shape index (κ2) is 7.29. The van der Waals surface area contributed by atoms with Crippen molar-refractivity contribution in [1.29, 1.82) is 0 Å². The van der Waals surface area contributed by atoms with Crippen LogP contribution in [0.15, 0.2) is 30.6 Å². The molecule has 0 spiro atoms. The van der Waals surface area contributed by atoms with Crippen molar-refractivity contribution in [3.05, 3.63) is 41.9 Å². The minimum Gasteiger partial charge on any atom is -0.493 e. The van der Waals surface area contributed by atoms with Gasteiger partial charge in [0.1, 0.15) is 5.52 Å². The van der Waals surface area contributed by atoms with Gasteiger partial charge in [-0.05, 0) is 25.5 Å². The number of likely N-dealkylation sites (tertiary alicyclic amines) is 1. The summed E-state index contributed by atoms with van der Waals surface area (Å²) in [4.78, 5) is 11.2. The molecule has 1 aliphatic rings. The van der Waals surface area contributed by atoms with Crippen LogP contribution in [0.1, 0.15) is 30.0 Å². The van der Waals surface area contributed by atoms with Crippen LogP contribution in [0.2, 0.25) is 0 Å². The summed E-state index contributed by atoms with van der Waals surface area (Å²) in [6.45, 7) is 2.84. The average Bonchev–Trinajstić information content (AvgIpc) is 3.12. The second-order valence-electron chi connectivity index (χ2n) is 6.59. The first kappa shape index (κ1) is 16.8. The zero-order valence-corrected chi connectivity index (χ0v) is 15.1. The fraction of sp³-hybridized carbons (Fsp3) is 0.421. The van der Waals surface area contributed by atoms with Gasteiger partial charge in [-0.3, -0.25) is 10.00 Å². The standard InChI is InChI=1S/C19H23N5O2/c1-25-15-7-3-5-14(18(15)26-2)12-24-10-4-6-13(11-24)16-17-19(23-22-16)21-9-8-20-17/h3,5,7-9,13H,4,6,10-12H2,1-2H3,(H,21,22,23)/t13-/m1/s1. The van der Waals surface area contributed by atoms with Crippen molar-refractivity contribution in [3.63, 3.8) is 0 Å². The highest BCUT2D eigenvalue weighted by Gasteiger charge is 2.26. The third kappa shape index (κ3) is 3.10. The molecular formula is C19H23N5O2. The van der Waals surface area contributed by atoms with E-state index >= 15 is 0 Å². The van der Waals surface area contributed by atoms with Gasteiger partial charge in [0, 0.05) is 37.0 Å². The maximum Gasteiger partial charge on any atom is 0.199 e. The Labute approximate surface area is 152 Å². The molecule has 4 rings (SSSR count). The van der Waals surface area contributed by atoms with Crippen molar-refractivity contribution in [1.82, 2.24) is 25.1 Å². The highest BCUT2D eigenvalue weighted by atomic mass is 16.5. The van der Waals surface area contributed by atoms with Crippen LogP contribution >= 0.6 is 0 Å². The summed E-state index contributed by atoms with van der Waals surface area (Å²) in [5.41, 5.74) is 3.81.